The predicted molar refractivity (Wildman–Crippen MR) is 86.3 cm³/mol. The SMILES string of the molecule is CCNCc1oc2c(C)c(C)cc(C)c2c1CC(C)C. The average molecular weight is 273 g/mol. The Bertz CT molecular complexity index is 608. The Kier molecular flexibility index (Phi) is 4.54. The lowest BCUT2D eigenvalue weighted by molar-refractivity contribution is 0.505. The molecule has 0 aliphatic carbocycles. The largest absolute Gasteiger partial charge is 0.459 e. The van der Waals surface area contributed by atoms with Gasteiger partial charge in [0.1, 0.15) is 11.3 Å². The number of aryl methyl sites for hydroxylation is 3. The zero-order chi connectivity index (χ0) is 14.9. The summed E-state index contributed by atoms with van der Waals surface area (Å²) < 4.78 is 6.23. The van der Waals surface area contributed by atoms with Crippen LogP contribution in [0.15, 0.2) is 10.5 Å². The first-order valence-electron chi connectivity index (χ1n) is 7.67. The monoisotopic (exact) mass is 273 g/mol. The molecule has 0 saturated heterocycles. The zero-order valence-corrected chi connectivity index (χ0v) is 13.7. The third kappa shape index (κ3) is 2.76. The lowest BCUT2D eigenvalue weighted by Gasteiger charge is -2.08. The summed E-state index contributed by atoms with van der Waals surface area (Å²) in [6, 6.07) is 2.29. The third-order valence-electron chi connectivity index (χ3n) is 4.00. The zero-order valence-electron chi connectivity index (χ0n) is 13.7. The summed E-state index contributed by atoms with van der Waals surface area (Å²) in [6.45, 7) is 15.0. The number of fused-ring (bicyclic) bond motifs is 1. The summed E-state index contributed by atoms with van der Waals surface area (Å²) in [6.07, 6.45) is 1.08. The van der Waals surface area contributed by atoms with Gasteiger partial charge in [-0.25, -0.2) is 0 Å². The lowest BCUT2D eigenvalue weighted by atomic mass is 9.94. The van der Waals surface area contributed by atoms with Crippen molar-refractivity contribution in [2.75, 3.05) is 6.54 Å². The van der Waals surface area contributed by atoms with Gasteiger partial charge in [-0.15, -0.1) is 0 Å². The molecule has 0 aliphatic rings. The van der Waals surface area contributed by atoms with Crippen LogP contribution >= 0.6 is 0 Å². The Morgan fingerprint density at radius 2 is 1.85 bits per heavy atom. The van der Waals surface area contributed by atoms with Gasteiger partial charge in [-0.05, 0) is 56.3 Å². The Morgan fingerprint density at radius 3 is 2.45 bits per heavy atom. The van der Waals surface area contributed by atoms with Gasteiger partial charge in [-0.1, -0.05) is 26.8 Å². The van der Waals surface area contributed by atoms with Crippen molar-refractivity contribution in [1.82, 2.24) is 5.32 Å². The number of rotatable bonds is 5. The van der Waals surface area contributed by atoms with Crippen LogP contribution in [-0.2, 0) is 13.0 Å². The van der Waals surface area contributed by atoms with E-state index in [2.05, 4.69) is 52.9 Å². The Morgan fingerprint density at radius 1 is 1.15 bits per heavy atom. The number of nitrogens with one attached hydrogen (secondary N) is 1. The van der Waals surface area contributed by atoms with Crippen molar-refractivity contribution in [3.8, 4) is 0 Å². The molecule has 20 heavy (non-hydrogen) atoms. The molecule has 1 heterocycles. The van der Waals surface area contributed by atoms with Crippen molar-refractivity contribution < 1.29 is 4.42 Å². The van der Waals surface area contributed by atoms with E-state index in [4.69, 9.17) is 4.42 Å². The Labute approximate surface area is 122 Å². The van der Waals surface area contributed by atoms with Crippen LogP contribution in [0.1, 0.15) is 48.8 Å². The maximum atomic E-state index is 6.23. The fraction of sp³-hybridized carbons (Fsp3) is 0.556. The average Bonchev–Trinajstić information content (AvgIpc) is 2.72. The molecule has 2 nitrogen and oxygen atoms in total. The van der Waals surface area contributed by atoms with Gasteiger partial charge in [-0.2, -0.15) is 0 Å². The van der Waals surface area contributed by atoms with Crippen molar-refractivity contribution in [3.63, 3.8) is 0 Å². The third-order valence-corrected chi connectivity index (χ3v) is 4.00. The minimum absolute atomic E-state index is 0.636. The van der Waals surface area contributed by atoms with Crippen LogP contribution in [0, 0.1) is 26.7 Å². The topological polar surface area (TPSA) is 25.2 Å². The van der Waals surface area contributed by atoms with E-state index in [0.29, 0.717) is 5.92 Å². The van der Waals surface area contributed by atoms with E-state index in [9.17, 15) is 0 Å². The van der Waals surface area contributed by atoms with E-state index in [1.165, 1.54) is 27.6 Å². The van der Waals surface area contributed by atoms with Crippen molar-refractivity contribution >= 4 is 11.0 Å². The van der Waals surface area contributed by atoms with Crippen LogP contribution < -0.4 is 5.32 Å². The molecule has 0 saturated carbocycles. The molecule has 0 bridgehead atoms. The first-order chi connectivity index (χ1) is 9.45. The van der Waals surface area contributed by atoms with E-state index >= 15 is 0 Å². The molecule has 0 fully saturated rings. The summed E-state index contributed by atoms with van der Waals surface area (Å²) in [4.78, 5) is 0. The van der Waals surface area contributed by atoms with Gasteiger partial charge in [0.05, 0.1) is 6.54 Å². The maximum Gasteiger partial charge on any atom is 0.138 e. The highest BCUT2D eigenvalue weighted by molar-refractivity contribution is 5.89. The van der Waals surface area contributed by atoms with Crippen molar-refractivity contribution in [3.05, 3.63) is 34.1 Å². The van der Waals surface area contributed by atoms with Gasteiger partial charge in [0.25, 0.3) is 0 Å². The van der Waals surface area contributed by atoms with E-state index < -0.39 is 0 Å². The summed E-state index contributed by atoms with van der Waals surface area (Å²) in [5.41, 5.74) is 6.42. The number of hydrogen-bond donors (Lipinski definition) is 1. The van der Waals surface area contributed by atoms with Gasteiger partial charge >= 0.3 is 0 Å². The van der Waals surface area contributed by atoms with E-state index in [0.717, 1.165) is 30.9 Å². The van der Waals surface area contributed by atoms with Crippen LogP contribution in [0.3, 0.4) is 0 Å². The van der Waals surface area contributed by atoms with Crippen molar-refractivity contribution in [2.24, 2.45) is 5.92 Å². The van der Waals surface area contributed by atoms with E-state index in [-0.39, 0.29) is 0 Å². The molecule has 1 aromatic carbocycles. The summed E-state index contributed by atoms with van der Waals surface area (Å²) in [7, 11) is 0. The highest BCUT2D eigenvalue weighted by Gasteiger charge is 2.19. The minimum atomic E-state index is 0.636. The van der Waals surface area contributed by atoms with Crippen molar-refractivity contribution in [1.29, 1.82) is 0 Å². The fourth-order valence-electron chi connectivity index (χ4n) is 2.88. The fourth-order valence-corrected chi connectivity index (χ4v) is 2.88. The highest BCUT2D eigenvalue weighted by Crippen LogP contribution is 2.34. The highest BCUT2D eigenvalue weighted by atomic mass is 16.3. The quantitative estimate of drug-likeness (QED) is 0.856. The maximum absolute atomic E-state index is 6.23. The van der Waals surface area contributed by atoms with E-state index in [1.54, 1.807) is 0 Å². The minimum Gasteiger partial charge on any atom is -0.459 e. The first kappa shape index (κ1) is 15.1. The molecule has 1 N–H and O–H groups in total. The van der Waals surface area contributed by atoms with Crippen LogP contribution in [0.25, 0.3) is 11.0 Å². The smallest absolute Gasteiger partial charge is 0.138 e. The lowest BCUT2D eigenvalue weighted by Crippen LogP contribution is -2.12. The molecule has 0 unspecified atom stereocenters. The molecule has 2 aromatic rings. The summed E-state index contributed by atoms with van der Waals surface area (Å²) in [5, 5.41) is 4.74. The van der Waals surface area contributed by atoms with Crippen LogP contribution in [0.5, 0.6) is 0 Å². The van der Waals surface area contributed by atoms with E-state index in [1.807, 2.05) is 0 Å². The van der Waals surface area contributed by atoms with Gasteiger partial charge in [0.2, 0.25) is 0 Å². The second kappa shape index (κ2) is 6.01. The molecule has 0 amide bonds. The summed E-state index contributed by atoms with van der Waals surface area (Å²) in [5.74, 6) is 1.75. The Hall–Kier alpha value is -1.28. The van der Waals surface area contributed by atoms with Gasteiger partial charge < -0.3 is 9.73 Å². The second-order valence-corrected chi connectivity index (χ2v) is 6.22. The van der Waals surface area contributed by atoms with Crippen LogP contribution in [-0.4, -0.2) is 6.54 Å². The second-order valence-electron chi connectivity index (χ2n) is 6.22. The van der Waals surface area contributed by atoms with Gasteiger partial charge in [-0.3, -0.25) is 0 Å². The van der Waals surface area contributed by atoms with Crippen LogP contribution in [0.4, 0.5) is 0 Å². The number of benzene rings is 1. The molecule has 0 atom stereocenters. The predicted octanol–water partition coefficient (Wildman–Crippen LogP) is 4.67. The number of furan rings is 1. The Balaban J connectivity index is 2.65. The normalized spacial score (nSPS) is 11.8. The molecule has 0 radical (unpaired) electrons. The molecule has 1 aromatic heterocycles. The van der Waals surface area contributed by atoms with Gasteiger partial charge in [0, 0.05) is 10.9 Å². The molecular formula is C18H27NO. The molecular weight excluding hydrogens is 246 g/mol. The molecule has 0 aliphatic heterocycles. The van der Waals surface area contributed by atoms with Crippen LogP contribution in [0.2, 0.25) is 0 Å². The van der Waals surface area contributed by atoms with Gasteiger partial charge in [0.15, 0.2) is 0 Å². The van der Waals surface area contributed by atoms with Crippen molar-refractivity contribution in [2.45, 2.75) is 54.5 Å². The summed E-state index contributed by atoms with van der Waals surface area (Å²) >= 11 is 0. The standard InChI is InChI=1S/C18H27NO/c1-7-19-10-16-15(8-11(2)3)17-13(5)9-12(4)14(6)18(17)20-16/h9,11,19H,7-8,10H2,1-6H3. The molecule has 110 valence electrons. The molecule has 2 heteroatoms. The number of hydrogen-bond acceptors (Lipinski definition) is 2. The molecule has 0 spiro atoms. The first-order valence-corrected chi connectivity index (χ1v) is 7.67. The molecule has 2 rings (SSSR count).